The Hall–Kier alpha value is -1.85. The predicted octanol–water partition coefficient (Wildman–Crippen LogP) is 4.59. The summed E-state index contributed by atoms with van der Waals surface area (Å²) in [6.45, 7) is 3.39. The molecular formula is C17H15BrClNO3. The van der Waals surface area contributed by atoms with Gasteiger partial charge in [0, 0.05) is 15.2 Å². The van der Waals surface area contributed by atoms with Crippen LogP contribution >= 0.6 is 27.5 Å². The SMILES string of the molecule is Cc1ccc(NC(=O)[C@H](C)OC(=O)c2cccc(Br)c2)cc1Cl. The lowest BCUT2D eigenvalue weighted by molar-refractivity contribution is -0.123. The molecule has 0 aliphatic rings. The zero-order valence-corrected chi connectivity index (χ0v) is 14.9. The van der Waals surface area contributed by atoms with Gasteiger partial charge in [-0.25, -0.2) is 4.79 Å². The molecule has 0 unspecified atom stereocenters. The monoisotopic (exact) mass is 395 g/mol. The van der Waals surface area contributed by atoms with Crippen LogP contribution in [0.15, 0.2) is 46.9 Å². The third kappa shape index (κ3) is 4.81. The summed E-state index contributed by atoms with van der Waals surface area (Å²) in [5, 5.41) is 3.23. The first-order valence-corrected chi connectivity index (χ1v) is 8.07. The van der Waals surface area contributed by atoms with Gasteiger partial charge < -0.3 is 10.1 Å². The average molecular weight is 397 g/mol. The van der Waals surface area contributed by atoms with Crippen molar-refractivity contribution in [2.45, 2.75) is 20.0 Å². The van der Waals surface area contributed by atoms with Crippen LogP contribution in [0.5, 0.6) is 0 Å². The second kappa shape index (κ2) is 7.62. The molecule has 1 N–H and O–H groups in total. The Morgan fingerprint density at radius 3 is 2.61 bits per heavy atom. The summed E-state index contributed by atoms with van der Waals surface area (Å²) >= 11 is 9.30. The van der Waals surface area contributed by atoms with E-state index in [4.69, 9.17) is 16.3 Å². The summed E-state index contributed by atoms with van der Waals surface area (Å²) in [6, 6.07) is 12.0. The smallest absolute Gasteiger partial charge is 0.338 e. The highest BCUT2D eigenvalue weighted by Crippen LogP contribution is 2.20. The van der Waals surface area contributed by atoms with Gasteiger partial charge in [0.25, 0.3) is 5.91 Å². The molecule has 4 nitrogen and oxygen atoms in total. The van der Waals surface area contributed by atoms with Crippen LogP contribution in [0.4, 0.5) is 5.69 Å². The maximum absolute atomic E-state index is 12.1. The minimum absolute atomic E-state index is 0.373. The highest BCUT2D eigenvalue weighted by atomic mass is 79.9. The molecule has 23 heavy (non-hydrogen) atoms. The molecule has 0 spiro atoms. The van der Waals surface area contributed by atoms with E-state index in [-0.39, 0.29) is 0 Å². The number of esters is 1. The van der Waals surface area contributed by atoms with Gasteiger partial charge in [0.2, 0.25) is 0 Å². The van der Waals surface area contributed by atoms with Gasteiger partial charge in [-0.3, -0.25) is 4.79 Å². The Morgan fingerprint density at radius 1 is 1.22 bits per heavy atom. The highest BCUT2D eigenvalue weighted by molar-refractivity contribution is 9.10. The number of anilines is 1. The first-order valence-electron chi connectivity index (χ1n) is 6.90. The van der Waals surface area contributed by atoms with E-state index in [0.717, 1.165) is 10.0 Å². The van der Waals surface area contributed by atoms with Crippen molar-refractivity contribution in [1.29, 1.82) is 0 Å². The van der Waals surface area contributed by atoms with Gasteiger partial charge in [0.15, 0.2) is 6.10 Å². The van der Waals surface area contributed by atoms with E-state index >= 15 is 0 Å². The van der Waals surface area contributed by atoms with E-state index < -0.39 is 18.0 Å². The molecule has 6 heteroatoms. The molecule has 1 atom stereocenters. The number of carbonyl (C=O) groups is 2. The Balaban J connectivity index is 1.99. The third-order valence-electron chi connectivity index (χ3n) is 3.15. The highest BCUT2D eigenvalue weighted by Gasteiger charge is 2.19. The van der Waals surface area contributed by atoms with Gasteiger partial charge in [-0.2, -0.15) is 0 Å². The molecular weight excluding hydrogens is 382 g/mol. The minimum Gasteiger partial charge on any atom is -0.449 e. The molecule has 0 saturated carbocycles. The molecule has 0 aliphatic heterocycles. The lowest BCUT2D eigenvalue weighted by Crippen LogP contribution is -2.30. The van der Waals surface area contributed by atoms with Crippen LogP contribution in [0, 0.1) is 6.92 Å². The van der Waals surface area contributed by atoms with E-state index in [1.807, 2.05) is 6.92 Å². The van der Waals surface area contributed by atoms with Gasteiger partial charge in [-0.1, -0.05) is 39.7 Å². The van der Waals surface area contributed by atoms with Gasteiger partial charge in [-0.05, 0) is 49.7 Å². The predicted molar refractivity (Wildman–Crippen MR) is 93.8 cm³/mol. The number of nitrogens with one attached hydrogen (secondary N) is 1. The molecule has 2 rings (SSSR count). The summed E-state index contributed by atoms with van der Waals surface area (Å²) in [5.41, 5.74) is 1.84. The van der Waals surface area contributed by atoms with Crippen LogP contribution in [0.1, 0.15) is 22.8 Å². The number of halogens is 2. The molecule has 0 aromatic heterocycles. The topological polar surface area (TPSA) is 55.4 Å². The molecule has 120 valence electrons. The number of hydrogen-bond acceptors (Lipinski definition) is 3. The lowest BCUT2D eigenvalue weighted by atomic mass is 10.2. The standard InChI is InChI=1S/C17H15BrClNO3/c1-10-6-7-14(9-15(10)19)20-16(21)11(2)23-17(22)12-4-3-5-13(18)8-12/h3-9,11H,1-2H3,(H,20,21)/t11-/m0/s1. The summed E-state index contributed by atoms with van der Waals surface area (Å²) in [5.74, 6) is -0.982. The van der Waals surface area contributed by atoms with Gasteiger partial charge >= 0.3 is 5.97 Å². The van der Waals surface area contributed by atoms with E-state index in [9.17, 15) is 9.59 Å². The fraction of sp³-hybridized carbons (Fsp3) is 0.176. The molecule has 1 amide bonds. The molecule has 0 radical (unpaired) electrons. The van der Waals surface area contributed by atoms with Crippen molar-refractivity contribution in [3.05, 3.63) is 63.1 Å². The van der Waals surface area contributed by atoms with Crippen LogP contribution in [-0.2, 0) is 9.53 Å². The van der Waals surface area contributed by atoms with Crippen LogP contribution in [-0.4, -0.2) is 18.0 Å². The third-order valence-corrected chi connectivity index (χ3v) is 4.05. The summed E-state index contributed by atoms with van der Waals surface area (Å²) in [4.78, 5) is 24.1. The fourth-order valence-electron chi connectivity index (χ4n) is 1.81. The number of carbonyl (C=O) groups excluding carboxylic acids is 2. The maximum Gasteiger partial charge on any atom is 0.338 e. The van der Waals surface area contributed by atoms with Crippen LogP contribution in [0.25, 0.3) is 0 Å². The maximum atomic E-state index is 12.1. The van der Waals surface area contributed by atoms with Crippen molar-refractivity contribution in [3.63, 3.8) is 0 Å². The zero-order chi connectivity index (χ0) is 17.0. The molecule has 0 heterocycles. The number of aryl methyl sites for hydroxylation is 1. The average Bonchev–Trinajstić information content (AvgIpc) is 2.50. The Morgan fingerprint density at radius 2 is 1.96 bits per heavy atom. The molecule has 0 bridgehead atoms. The summed E-state index contributed by atoms with van der Waals surface area (Å²) in [6.07, 6.45) is -0.929. The van der Waals surface area contributed by atoms with Crippen molar-refractivity contribution in [2.24, 2.45) is 0 Å². The number of amides is 1. The normalized spacial score (nSPS) is 11.7. The Kier molecular flexibility index (Phi) is 5.80. The lowest BCUT2D eigenvalue weighted by Gasteiger charge is -2.14. The second-order valence-corrected chi connectivity index (χ2v) is 6.33. The van der Waals surface area contributed by atoms with Gasteiger partial charge in [0.05, 0.1) is 5.56 Å². The van der Waals surface area contributed by atoms with E-state index in [0.29, 0.717) is 16.3 Å². The van der Waals surface area contributed by atoms with Crippen molar-refractivity contribution < 1.29 is 14.3 Å². The van der Waals surface area contributed by atoms with Crippen LogP contribution in [0.2, 0.25) is 5.02 Å². The molecule has 0 aliphatic carbocycles. The Labute approximate surface area is 147 Å². The summed E-state index contributed by atoms with van der Waals surface area (Å²) in [7, 11) is 0. The second-order valence-electron chi connectivity index (χ2n) is 5.01. The van der Waals surface area contributed by atoms with Crippen LogP contribution < -0.4 is 5.32 Å². The van der Waals surface area contributed by atoms with Gasteiger partial charge in [0.1, 0.15) is 0 Å². The number of benzene rings is 2. The van der Waals surface area contributed by atoms with E-state index in [2.05, 4.69) is 21.2 Å². The quantitative estimate of drug-likeness (QED) is 0.769. The van der Waals surface area contributed by atoms with Crippen LogP contribution in [0.3, 0.4) is 0 Å². The van der Waals surface area contributed by atoms with Crippen molar-refractivity contribution >= 4 is 45.1 Å². The zero-order valence-electron chi connectivity index (χ0n) is 12.6. The first kappa shape index (κ1) is 17.5. The number of rotatable bonds is 4. The number of hydrogen-bond donors (Lipinski definition) is 1. The number of ether oxygens (including phenoxy) is 1. The van der Waals surface area contributed by atoms with Crippen molar-refractivity contribution in [3.8, 4) is 0 Å². The molecule has 2 aromatic carbocycles. The molecule has 2 aromatic rings. The van der Waals surface area contributed by atoms with Crippen molar-refractivity contribution in [1.82, 2.24) is 0 Å². The minimum atomic E-state index is -0.929. The molecule has 0 saturated heterocycles. The fourth-order valence-corrected chi connectivity index (χ4v) is 2.39. The largest absolute Gasteiger partial charge is 0.449 e. The van der Waals surface area contributed by atoms with E-state index in [1.165, 1.54) is 6.92 Å². The first-order chi connectivity index (χ1) is 10.9. The summed E-state index contributed by atoms with van der Waals surface area (Å²) < 4.78 is 5.94. The van der Waals surface area contributed by atoms with Crippen molar-refractivity contribution in [2.75, 3.05) is 5.32 Å². The van der Waals surface area contributed by atoms with Gasteiger partial charge in [-0.15, -0.1) is 0 Å². The van der Waals surface area contributed by atoms with E-state index in [1.54, 1.807) is 42.5 Å². The molecule has 0 fully saturated rings. The Bertz CT molecular complexity index is 748.